The van der Waals surface area contributed by atoms with E-state index >= 15 is 0 Å². The molecule has 0 spiro atoms. The maximum atomic E-state index is 12.0. The van der Waals surface area contributed by atoms with E-state index in [1.165, 1.54) is 37.8 Å². The van der Waals surface area contributed by atoms with Gasteiger partial charge in [0.05, 0.1) is 0 Å². The number of nitrogens with zero attached hydrogens (tertiary/aromatic N) is 1. The van der Waals surface area contributed by atoms with Crippen LogP contribution in [0.1, 0.15) is 43.0 Å². The quantitative estimate of drug-likeness (QED) is 0.861. The Bertz CT molecular complexity index is 436. The highest BCUT2D eigenvalue weighted by Gasteiger charge is 2.28. The molecular weight excluding hydrogens is 271 g/mol. The molecule has 1 aromatic rings. The van der Waals surface area contributed by atoms with Gasteiger partial charge in [0.15, 0.2) is 0 Å². The van der Waals surface area contributed by atoms with Crippen molar-refractivity contribution in [2.45, 2.75) is 32.6 Å². The van der Waals surface area contributed by atoms with Gasteiger partial charge in [-0.15, -0.1) is 0 Å². The van der Waals surface area contributed by atoms with Crippen LogP contribution in [0.5, 0.6) is 0 Å². The number of pyridine rings is 1. The van der Waals surface area contributed by atoms with Gasteiger partial charge in [0.25, 0.3) is 5.91 Å². The average Bonchev–Trinajstić information content (AvgIpc) is 2.72. The number of halogens is 2. The van der Waals surface area contributed by atoms with Crippen LogP contribution < -0.4 is 5.32 Å². The van der Waals surface area contributed by atoms with Crippen LogP contribution in [0.4, 0.5) is 0 Å². The molecule has 1 aliphatic rings. The van der Waals surface area contributed by atoms with Gasteiger partial charge in [0.2, 0.25) is 0 Å². The number of nitrogens with one attached hydrogen (secondary N) is 1. The molecule has 1 N–H and O–H groups in total. The Labute approximate surface area is 117 Å². The molecule has 98 valence electrons. The molecule has 2 rings (SSSR count). The van der Waals surface area contributed by atoms with Crippen molar-refractivity contribution in [3.63, 3.8) is 0 Å². The Morgan fingerprint density at radius 1 is 1.33 bits per heavy atom. The monoisotopic (exact) mass is 286 g/mol. The minimum absolute atomic E-state index is 0.144. The summed E-state index contributed by atoms with van der Waals surface area (Å²) in [5.74, 6) is -0.144. The standard InChI is InChI=1S/C13H16Cl2N2O/c1-13(4-2-3-5-13)8-16-12(18)9-6-10(14)17-11(15)7-9/h6-7H,2-5,8H2,1H3,(H,16,18). The fourth-order valence-electron chi connectivity index (χ4n) is 2.40. The van der Waals surface area contributed by atoms with Crippen molar-refractivity contribution in [3.05, 3.63) is 28.0 Å². The number of carbonyl (C=O) groups excluding carboxylic acids is 1. The van der Waals surface area contributed by atoms with Crippen LogP contribution in [0.15, 0.2) is 12.1 Å². The van der Waals surface area contributed by atoms with E-state index in [0.29, 0.717) is 12.1 Å². The van der Waals surface area contributed by atoms with Gasteiger partial charge in [0, 0.05) is 12.1 Å². The first kappa shape index (κ1) is 13.6. The third kappa shape index (κ3) is 3.36. The Morgan fingerprint density at radius 3 is 2.44 bits per heavy atom. The van der Waals surface area contributed by atoms with Crippen molar-refractivity contribution in [2.75, 3.05) is 6.54 Å². The summed E-state index contributed by atoms with van der Waals surface area (Å²) in [6, 6.07) is 3.06. The SMILES string of the molecule is CC1(CNC(=O)c2cc(Cl)nc(Cl)c2)CCCC1. The number of aromatic nitrogens is 1. The molecule has 1 amide bonds. The van der Waals surface area contributed by atoms with Crippen LogP contribution in [0.3, 0.4) is 0 Å². The number of hydrogen-bond donors (Lipinski definition) is 1. The molecule has 0 bridgehead atoms. The van der Waals surface area contributed by atoms with Crippen LogP contribution in [0, 0.1) is 5.41 Å². The highest BCUT2D eigenvalue weighted by Crippen LogP contribution is 2.36. The molecule has 0 aliphatic heterocycles. The van der Waals surface area contributed by atoms with Gasteiger partial charge in [-0.3, -0.25) is 4.79 Å². The van der Waals surface area contributed by atoms with Gasteiger partial charge in [-0.2, -0.15) is 0 Å². The molecule has 1 fully saturated rings. The highest BCUT2D eigenvalue weighted by atomic mass is 35.5. The number of amides is 1. The molecular formula is C13H16Cl2N2O. The van der Waals surface area contributed by atoms with E-state index in [0.717, 1.165) is 0 Å². The summed E-state index contributed by atoms with van der Waals surface area (Å²) in [7, 11) is 0. The second-order valence-corrected chi connectivity index (χ2v) is 5.98. The largest absolute Gasteiger partial charge is 0.351 e. The van der Waals surface area contributed by atoms with Crippen molar-refractivity contribution in [3.8, 4) is 0 Å². The van der Waals surface area contributed by atoms with Gasteiger partial charge in [0.1, 0.15) is 10.3 Å². The minimum Gasteiger partial charge on any atom is -0.351 e. The molecule has 0 unspecified atom stereocenters. The van der Waals surface area contributed by atoms with Gasteiger partial charge in [-0.05, 0) is 30.4 Å². The molecule has 5 heteroatoms. The number of rotatable bonds is 3. The molecule has 0 saturated heterocycles. The second-order valence-electron chi connectivity index (χ2n) is 5.20. The van der Waals surface area contributed by atoms with Crippen molar-refractivity contribution >= 4 is 29.1 Å². The number of hydrogen-bond acceptors (Lipinski definition) is 2. The summed E-state index contributed by atoms with van der Waals surface area (Å²) in [6.07, 6.45) is 4.84. The second kappa shape index (κ2) is 5.45. The predicted molar refractivity (Wildman–Crippen MR) is 73.2 cm³/mol. The van der Waals surface area contributed by atoms with E-state index in [1.54, 1.807) is 0 Å². The summed E-state index contributed by atoms with van der Waals surface area (Å²) in [5, 5.41) is 3.42. The molecule has 0 aromatic carbocycles. The van der Waals surface area contributed by atoms with Crippen molar-refractivity contribution in [1.82, 2.24) is 10.3 Å². The summed E-state index contributed by atoms with van der Waals surface area (Å²) >= 11 is 11.5. The molecule has 18 heavy (non-hydrogen) atoms. The molecule has 1 aliphatic carbocycles. The maximum absolute atomic E-state index is 12.0. The van der Waals surface area contributed by atoms with Gasteiger partial charge < -0.3 is 5.32 Å². The zero-order chi connectivity index (χ0) is 13.2. The van der Waals surface area contributed by atoms with E-state index < -0.39 is 0 Å². The lowest BCUT2D eigenvalue weighted by molar-refractivity contribution is 0.0934. The summed E-state index contributed by atoms with van der Waals surface area (Å²) in [4.78, 5) is 15.8. The molecule has 1 heterocycles. The lowest BCUT2D eigenvalue weighted by atomic mass is 9.89. The topological polar surface area (TPSA) is 42.0 Å². The van der Waals surface area contributed by atoms with Gasteiger partial charge in [-0.25, -0.2) is 4.98 Å². The summed E-state index contributed by atoms with van der Waals surface area (Å²) < 4.78 is 0. The van der Waals surface area contributed by atoms with Crippen LogP contribution in [0.25, 0.3) is 0 Å². The Balaban J connectivity index is 1.99. The van der Waals surface area contributed by atoms with Gasteiger partial charge in [-0.1, -0.05) is 43.0 Å². The zero-order valence-corrected chi connectivity index (χ0v) is 11.8. The molecule has 1 saturated carbocycles. The first-order valence-electron chi connectivity index (χ1n) is 6.10. The Hall–Kier alpha value is -0.800. The minimum atomic E-state index is -0.144. The van der Waals surface area contributed by atoms with Crippen LogP contribution in [0.2, 0.25) is 10.3 Å². The lowest BCUT2D eigenvalue weighted by Crippen LogP contribution is -2.34. The van der Waals surface area contributed by atoms with Crippen molar-refractivity contribution < 1.29 is 4.79 Å². The molecule has 3 nitrogen and oxygen atoms in total. The van der Waals surface area contributed by atoms with E-state index in [2.05, 4.69) is 17.2 Å². The van der Waals surface area contributed by atoms with Crippen molar-refractivity contribution in [2.24, 2.45) is 5.41 Å². The molecule has 0 radical (unpaired) electrons. The maximum Gasteiger partial charge on any atom is 0.251 e. The Kier molecular flexibility index (Phi) is 4.13. The third-order valence-corrected chi connectivity index (χ3v) is 3.90. The van der Waals surface area contributed by atoms with Crippen LogP contribution in [-0.4, -0.2) is 17.4 Å². The van der Waals surface area contributed by atoms with Gasteiger partial charge >= 0.3 is 0 Å². The normalized spacial score (nSPS) is 17.7. The van der Waals surface area contributed by atoms with Crippen LogP contribution >= 0.6 is 23.2 Å². The molecule has 0 atom stereocenters. The molecule has 1 aromatic heterocycles. The average molecular weight is 287 g/mol. The van der Waals surface area contributed by atoms with E-state index in [9.17, 15) is 4.79 Å². The predicted octanol–water partition coefficient (Wildman–Crippen LogP) is 3.70. The summed E-state index contributed by atoms with van der Waals surface area (Å²) in [6.45, 7) is 2.91. The first-order valence-corrected chi connectivity index (χ1v) is 6.85. The third-order valence-electron chi connectivity index (χ3n) is 3.51. The first-order chi connectivity index (χ1) is 8.48. The lowest BCUT2D eigenvalue weighted by Gasteiger charge is -2.23. The Morgan fingerprint density at radius 2 is 1.89 bits per heavy atom. The highest BCUT2D eigenvalue weighted by molar-refractivity contribution is 6.33. The number of carbonyl (C=O) groups is 1. The zero-order valence-electron chi connectivity index (χ0n) is 10.3. The van der Waals surface area contributed by atoms with E-state index in [4.69, 9.17) is 23.2 Å². The summed E-state index contributed by atoms with van der Waals surface area (Å²) in [5.41, 5.74) is 0.692. The van der Waals surface area contributed by atoms with Crippen molar-refractivity contribution in [1.29, 1.82) is 0 Å². The smallest absolute Gasteiger partial charge is 0.251 e. The van der Waals surface area contributed by atoms with Crippen LogP contribution in [-0.2, 0) is 0 Å². The van der Waals surface area contributed by atoms with E-state index in [1.807, 2.05) is 0 Å². The van der Waals surface area contributed by atoms with E-state index in [-0.39, 0.29) is 21.6 Å². The fraction of sp³-hybridized carbons (Fsp3) is 0.538. The fourth-order valence-corrected chi connectivity index (χ4v) is 2.86.